The molecule has 0 amide bonds. The summed E-state index contributed by atoms with van der Waals surface area (Å²) >= 11 is 0. The van der Waals surface area contributed by atoms with Gasteiger partial charge < -0.3 is 15.1 Å². The lowest BCUT2D eigenvalue weighted by Gasteiger charge is -2.46. The minimum Gasteiger partial charge on any atom is -0.383 e. The van der Waals surface area contributed by atoms with Gasteiger partial charge in [-0.1, -0.05) is 54.6 Å². The number of hydrogen-bond donors (Lipinski definition) is 2. The lowest BCUT2D eigenvalue weighted by Crippen LogP contribution is -2.58. The summed E-state index contributed by atoms with van der Waals surface area (Å²) in [6.07, 6.45) is -0.594. The summed E-state index contributed by atoms with van der Waals surface area (Å²) in [6, 6.07) is 17.3. The van der Waals surface area contributed by atoms with Crippen molar-refractivity contribution in [1.29, 1.82) is 0 Å². The molecule has 2 aromatic carbocycles. The van der Waals surface area contributed by atoms with Crippen LogP contribution in [0.25, 0.3) is 0 Å². The molecule has 0 aliphatic carbocycles. The number of aliphatic imine (C=N–C) groups is 1. The van der Waals surface area contributed by atoms with Crippen LogP contribution < -0.4 is 0 Å². The number of amidine groups is 1. The van der Waals surface area contributed by atoms with E-state index < -0.39 is 11.8 Å². The highest BCUT2D eigenvalue weighted by Gasteiger charge is 2.48. The van der Waals surface area contributed by atoms with Crippen molar-refractivity contribution in [1.82, 2.24) is 4.90 Å². The summed E-state index contributed by atoms with van der Waals surface area (Å²) < 4.78 is 0. The van der Waals surface area contributed by atoms with Crippen molar-refractivity contribution in [2.24, 2.45) is 4.99 Å². The zero-order valence-electron chi connectivity index (χ0n) is 12.2. The van der Waals surface area contributed by atoms with Crippen molar-refractivity contribution in [3.8, 4) is 0 Å². The van der Waals surface area contributed by atoms with Gasteiger partial charge in [-0.3, -0.25) is 4.99 Å². The predicted octanol–water partition coefficient (Wildman–Crippen LogP) is 1.73. The van der Waals surface area contributed by atoms with Crippen LogP contribution in [0.1, 0.15) is 22.8 Å². The number of rotatable bonds is 2. The summed E-state index contributed by atoms with van der Waals surface area (Å²) in [6.45, 7) is 1.28. The second kappa shape index (κ2) is 4.93. The van der Waals surface area contributed by atoms with Crippen LogP contribution in [0.5, 0.6) is 0 Å². The van der Waals surface area contributed by atoms with Gasteiger partial charge >= 0.3 is 0 Å². The van der Waals surface area contributed by atoms with E-state index in [0.717, 1.165) is 22.5 Å². The quantitative estimate of drug-likeness (QED) is 0.887. The van der Waals surface area contributed by atoms with Gasteiger partial charge in [0.1, 0.15) is 11.9 Å². The molecular formula is C18H18N2O2. The van der Waals surface area contributed by atoms with Crippen molar-refractivity contribution in [3.63, 3.8) is 0 Å². The van der Waals surface area contributed by atoms with Gasteiger partial charge in [-0.25, -0.2) is 0 Å². The minimum absolute atomic E-state index is 0.387. The summed E-state index contributed by atoms with van der Waals surface area (Å²) in [4.78, 5) is 6.40. The molecule has 2 aliphatic heterocycles. The number of nitrogens with zero attached hydrogens (tertiary/aromatic N) is 2. The molecule has 2 N–H and O–H groups in total. The van der Waals surface area contributed by atoms with E-state index in [1.54, 1.807) is 0 Å². The Balaban J connectivity index is 1.81. The Morgan fingerprint density at radius 2 is 1.77 bits per heavy atom. The molecule has 2 heterocycles. The second-order valence-corrected chi connectivity index (χ2v) is 5.88. The van der Waals surface area contributed by atoms with E-state index in [1.807, 2.05) is 59.5 Å². The average Bonchev–Trinajstić information content (AvgIpc) is 3.06. The molecule has 0 unspecified atom stereocenters. The highest BCUT2D eigenvalue weighted by Crippen LogP contribution is 2.39. The zero-order valence-corrected chi connectivity index (χ0v) is 12.2. The van der Waals surface area contributed by atoms with Crippen molar-refractivity contribution < 1.29 is 10.2 Å². The lowest BCUT2D eigenvalue weighted by atomic mass is 9.85. The van der Waals surface area contributed by atoms with Crippen molar-refractivity contribution in [2.45, 2.75) is 18.2 Å². The van der Waals surface area contributed by atoms with Gasteiger partial charge in [0.15, 0.2) is 5.72 Å². The SMILES string of the molecule is O[C@H](c1ccccc1)[C@]1(O)Cc2ccccc2C2=NCCN21. The molecule has 112 valence electrons. The third-order valence-corrected chi connectivity index (χ3v) is 4.57. The van der Waals surface area contributed by atoms with E-state index in [9.17, 15) is 10.2 Å². The molecule has 2 aliphatic rings. The molecule has 0 spiro atoms. The highest BCUT2D eigenvalue weighted by atomic mass is 16.4. The maximum Gasteiger partial charge on any atom is 0.173 e. The maximum absolute atomic E-state index is 11.3. The van der Waals surface area contributed by atoms with E-state index in [0.29, 0.717) is 19.5 Å². The topological polar surface area (TPSA) is 56.1 Å². The summed E-state index contributed by atoms with van der Waals surface area (Å²) in [5.74, 6) is 0.791. The van der Waals surface area contributed by atoms with Gasteiger partial charge in [-0.2, -0.15) is 0 Å². The first-order valence-electron chi connectivity index (χ1n) is 7.56. The fraction of sp³-hybridized carbons (Fsp3) is 0.278. The van der Waals surface area contributed by atoms with Gasteiger partial charge in [0, 0.05) is 18.5 Å². The Morgan fingerprint density at radius 3 is 2.59 bits per heavy atom. The first kappa shape index (κ1) is 13.5. The molecule has 4 rings (SSSR count). The molecule has 4 nitrogen and oxygen atoms in total. The van der Waals surface area contributed by atoms with Gasteiger partial charge in [-0.15, -0.1) is 0 Å². The fourth-order valence-electron chi connectivity index (χ4n) is 3.47. The standard InChI is InChI=1S/C18H18N2O2/c21-16(13-6-2-1-3-7-13)18(22)12-14-8-4-5-9-15(14)17-19-10-11-20(17)18/h1-9,16,21-22H,10-12H2/t16-,18-/m1/s1. The summed E-state index contributed by atoms with van der Waals surface area (Å²) in [5, 5.41) is 22.1. The van der Waals surface area contributed by atoms with Crippen molar-refractivity contribution in [2.75, 3.05) is 13.1 Å². The third kappa shape index (κ3) is 1.88. The van der Waals surface area contributed by atoms with E-state index >= 15 is 0 Å². The van der Waals surface area contributed by atoms with Crippen LogP contribution in [0.3, 0.4) is 0 Å². The molecule has 22 heavy (non-hydrogen) atoms. The van der Waals surface area contributed by atoms with Crippen LogP contribution in [0.4, 0.5) is 0 Å². The number of aliphatic hydroxyl groups is 2. The van der Waals surface area contributed by atoms with Gasteiger partial charge in [-0.05, 0) is 11.1 Å². The smallest absolute Gasteiger partial charge is 0.173 e. The van der Waals surface area contributed by atoms with Crippen LogP contribution in [0.15, 0.2) is 59.6 Å². The van der Waals surface area contributed by atoms with E-state index in [4.69, 9.17) is 0 Å². The van der Waals surface area contributed by atoms with Crippen LogP contribution in [0, 0.1) is 0 Å². The Hall–Kier alpha value is -2.17. The van der Waals surface area contributed by atoms with Gasteiger partial charge in [0.25, 0.3) is 0 Å². The van der Waals surface area contributed by atoms with Gasteiger partial charge in [0.05, 0.1) is 6.54 Å². The Kier molecular flexibility index (Phi) is 3.03. The molecule has 0 fully saturated rings. The Bertz CT molecular complexity index is 729. The number of aliphatic hydroxyl groups excluding tert-OH is 1. The van der Waals surface area contributed by atoms with Crippen LogP contribution in [-0.4, -0.2) is 39.8 Å². The predicted molar refractivity (Wildman–Crippen MR) is 84.6 cm³/mol. The summed E-state index contributed by atoms with van der Waals surface area (Å²) in [5.41, 5.74) is 1.45. The van der Waals surface area contributed by atoms with E-state index in [-0.39, 0.29) is 0 Å². The van der Waals surface area contributed by atoms with Crippen LogP contribution in [0.2, 0.25) is 0 Å². The lowest BCUT2D eigenvalue weighted by molar-refractivity contribution is -0.153. The molecule has 4 heteroatoms. The number of fused-ring (bicyclic) bond motifs is 3. The number of benzene rings is 2. The maximum atomic E-state index is 11.3. The number of hydrogen-bond acceptors (Lipinski definition) is 4. The summed E-state index contributed by atoms with van der Waals surface area (Å²) in [7, 11) is 0. The zero-order chi connectivity index (χ0) is 15.2. The first-order valence-corrected chi connectivity index (χ1v) is 7.56. The molecule has 2 atom stereocenters. The second-order valence-electron chi connectivity index (χ2n) is 5.88. The minimum atomic E-state index is -1.36. The van der Waals surface area contributed by atoms with Crippen LogP contribution >= 0.6 is 0 Å². The molecule has 0 radical (unpaired) electrons. The monoisotopic (exact) mass is 294 g/mol. The Morgan fingerprint density at radius 1 is 1.05 bits per heavy atom. The van der Waals surface area contributed by atoms with E-state index in [2.05, 4.69) is 4.99 Å². The van der Waals surface area contributed by atoms with Crippen molar-refractivity contribution in [3.05, 3.63) is 71.3 Å². The molecule has 0 saturated heterocycles. The van der Waals surface area contributed by atoms with Crippen LogP contribution in [-0.2, 0) is 6.42 Å². The average molecular weight is 294 g/mol. The van der Waals surface area contributed by atoms with Crippen molar-refractivity contribution >= 4 is 5.84 Å². The highest BCUT2D eigenvalue weighted by molar-refractivity contribution is 6.02. The molecular weight excluding hydrogens is 276 g/mol. The van der Waals surface area contributed by atoms with E-state index in [1.165, 1.54) is 0 Å². The largest absolute Gasteiger partial charge is 0.383 e. The molecule has 0 bridgehead atoms. The fourth-order valence-corrected chi connectivity index (χ4v) is 3.47. The Labute approximate surface area is 129 Å². The normalized spacial score (nSPS) is 24.5. The van der Waals surface area contributed by atoms with Gasteiger partial charge in [0.2, 0.25) is 0 Å². The molecule has 0 saturated carbocycles. The molecule has 0 aromatic heterocycles. The first-order chi connectivity index (χ1) is 10.7. The third-order valence-electron chi connectivity index (χ3n) is 4.57. The molecule has 2 aromatic rings.